The predicted molar refractivity (Wildman–Crippen MR) is 139 cm³/mol. The Kier molecular flexibility index (Phi) is 6.29. The molecule has 0 saturated carbocycles. The normalized spacial score (nSPS) is 20.0. The van der Waals surface area contributed by atoms with Gasteiger partial charge in [0.25, 0.3) is 11.7 Å². The average molecular weight is 498 g/mol. The zero-order valence-corrected chi connectivity index (χ0v) is 20.9. The van der Waals surface area contributed by atoms with E-state index >= 15 is 0 Å². The minimum atomic E-state index is -0.887. The van der Waals surface area contributed by atoms with Crippen LogP contribution in [0.1, 0.15) is 52.5 Å². The maximum Gasteiger partial charge on any atom is 0.338 e. The molecule has 1 saturated heterocycles. The second-order valence-electron chi connectivity index (χ2n) is 9.25. The van der Waals surface area contributed by atoms with Crippen molar-refractivity contribution in [3.05, 3.63) is 100 Å². The Morgan fingerprint density at radius 2 is 1.84 bits per heavy atom. The third kappa shape index (κ3) is 4.27. The molecular formula is C30H27NO6. The number of benzene rings is 3. The van der Waals surface area contributed by atoms with E-state index < -0.39 is 23.7 Å². The van der Waals surface area contributed by atoms with E-state index in [4.69, 9.17) is 9.47 Å². The number of rotatable bonds is 5. The van der Waals surface area contributed by atoms with Crippen LogP contribution in [0.25, 0.3) is 5.76 Å². The second-order valence-corrected chi connectivity index (χ2v) is 9.25. The van der Waals surface area contributed by atoms with Gasteiger partial charge in [-0.05, 0) is 73.9 Å². The van der Waals surface area contributed by atoms with Gasteiger partial charge in [0.15, 0.2) is 0 Å². The molecule has 2 atom stereocenters. The number of nitrogens with zero attached hydrogens (tertiary/aromatic N) is 1. The lowest BCUT2D eigenvalue weighted by molar-refractivity contribution is -0.132. The van der Waals surface area contributed by atoms with E-state index in [9.17, 15) is 19.5 Å². The maximum atomic E-state index is 13.5. The van der Waals surface area contributed by atoms with Crippen LogP contribution in [-0.2, 0) is 20.7 Å². The number of carbonyl (C=O) groups is 3. The van der Waals surface area contributed by atoms with Crippen LogP contribution in [0.3, 0.4) is 0 Å². The summed E-state index contributed by atoms with van der Waals surface area (Å²) in [6.45, 7) is 5.78. The van der Waals surface area contributed by atoms with E-state index in [-0.39, 0.29) is 29.6 Å². The molecule has 0 aliphatic carbocycles. The Balaban J connectivity index is 1.68. The largest absolute Gasteiger partial charge is 0.507 e. The Labute approximate surface area is 214 Å². The lowest BCUT2D eigenvalue weighted by atomic mass is 9.92. The molecular weight excluding hydrogens is 470 g/mol. The lowest BCUT2D eigenvalue weighted by Gasteiger charge is -2.27. The molecule has 37 heavy (non-hydrogen) atoms. The van der Waals surface area contributed by atoms with E-state index in [1.807, 2.05) is 38.1 Å². The first-order chi connectivity index (χ1) is 17.8. The summed E-state index contributed by atoms with van der Waals surface area (Å²) in [5.41, 5.74) is 3.53. The summed E-state index contributed by atoms with van der Waals surface area (Å²) < 4.78 is 10.9. The summed E-state index contributed by atoms with van der Waals surface area (Å²) in [6, 6.07) is 18.2. The van der Waals surface area contributed by atoms with Gasteiger partial charge >= 0.3 is 5.97 Å². The molecule has 0 spiro atoms. The second kappa shape index (κ2) is 9.58. The van der Waals surface area contributed by atoms with Crippen LogP contribution < -0.4 is 9.64 Å². The number of aliphatic hydroxyl groups is 1. The predicted octanol–water partition coefficient (Wildman–Crippen LogP) is 5.12. The van der Waals surface area contributed by atoms with Crippen molar-refractivity contribution < 1.29 is 29.0 Å². The number of Topliss-reactive ketones (excluding diaryl/α,β-unsaturated/α-hetero) is 1. The third-order valence-corrected chi connectivity index (χ3v) is 6.73. The van der Waals surface area contributed by atoms with Gasteiger partial charge in [-0.2, -0.15) is 0 Å². The minimum absolute atomic E-state index is 0.00671. The molecule has 3 aromatic carbocycles. The van der Waals surface area contributed by atoms with Gasteiger partial charge in [0.2, 0.25) is 0 Å². The molecule has 7 nitrogen and oxygen atoms in total. The van der Waals surface area contributed by atoms with Crippen LogP contribution >= 0.6 is 0 Å². The third-order valence-electron chi connectivity index (χ3n) is 6.73. The first kappa shape index (κ1) is 24.3. The average Bonchev–Trinajstić information content (AvgIpc) is 3.39. The molecule has 7 heteroatoms. The number of ether oxygens (including phenoxy) is 2. The Morgan fingerprint density at radius 3 is 2.59 bits per heavy atom. The molecule has 5 rings (SSSR count). The lowest BCUT2D eigenvalue weighted by Crippen LogP contribution is -2.30. The first-order valence-electron chi connectivity index (χ1n) is 12.2. The summed E-state index contributed by atoms with van der Waals surface area (Å²) in [5, 5.41) is 11.5. The number of aliphatic hydroxyl groups excluding tert-OH is 1. The summed E-state index contributed by atoms with van der Waals surface area (Å²) in [4.78, 5) is 40.7. The number of carbonyl (C=O) groups excluding carboxylic acids is 3. The summed E-state index contributed by atoms with van der Waals surface area (Å²) in [7, 11) is 0. The molecule has 0 bridgehead atoms. The fourth-order valence-corrected chi connectivity index (χ4v) is 5.01. The number of amides is 1. The van der Waals surface area contributed by atoms with Gasteiger partial charge in [-0.1, -0.05) is 30.3 Å². The highest BCUT2D eigenvalue weighted by atomic mass is 16.5. The molecule has 2 unspecified atom stereocenters. The molecule has 2 aliphatic rings. The van der Waals surface area contributed by atoms with Gasteiger partial charge in [-0.3, -0.25) is 14.5 Å². The van der Waals surface area contributed by atoms with Gasteiger partial charge in [-0.25, -0.2) is 4.79 Å². The van der Waals surface area contributed by atoms with Crippen LogP contribution in [0.15, 0.2) is 72.3 Å². The van der Waals surface area contributed by atoms with Crippen LogP contribution in [0, 0.1) is 6.92 Å². The van der Waals surface area contributed by atoms with Crippen molar-refractivity contribution in [2.45, 2.75) is 39.3 Å². The van der Waals surface area contributed by atoms with Crippen LogP contribution in [0.5, 0.6) is 5.75 Å². The molecule has 1 amide bonds. The molecule has 2 heterocycles. The van der Waals surface area contributed by atoms with Crippen molar-refractivity contribution >= 4 is 29.1 Å². The van der Waals surface area contributed by atoms with Crippen molar-refractivity contribution in [3.8, 4) is 5.75 Å². The summed E-state index contributed by atoms with van der Waals surface area (Å²) in [5.74, 6) is -1.61. The molecule has 2 aliphatic heterocycles. The Bertz CT molecular complexity index is 1460. The van der Waals surface area contributed by atoms with E-state index in [1.54, 1.807) is 43.3 Å². The van der Waals surface area contributed by atoms with Crippen molar-refractivity contribution in [1.29, 1.82) is 0 Å². The molecule has 3 aromatic rings. The number of hydrogen-bond donors (Lipinski definition) is 1. The standard InChI is InChI=1S/C30H27NO6/c1-4-36-30(35)20-9-7-10-22(16-20)31-26(23-11-6-5-8-17(23)2)25(28(33)29(31)34)27(32)19-12-13-24-21(15-19)14-18(3)37-24/h5-13,15-16,18,26,32H,4,14H2,1-3H3/b27-25+. The van der Waals surface area contributed by atoms with E-state index in [0.717, 1.165) is 16.9 Å². The van der Waals surface area contributed by atoms with Gasteiger partial charge in [0.05, 0.1) is 23.8 Å². The van der Waals surface area contributed by atoms with Crippen molar-refractivity contribution in [2.75, 3.05) is 11.5 Å². The monoisotopic (exact) mass is 497 g/mol. The van der Waals surface area contributed by atoms with Crippen LogP contribution in [0.2, 0.25) is 0 Å². The fourth-order valence-electron chi connectivity index (χ4n) is 5.01. The van der Waals surface area contributed by atoms with Gasteiger partial charge in [0, 0.05) is 17.7 Å². The number of hydrogen-bond acceptors (Lipinski definition) is 6. The van der Waals surface area contributed by atoms with E-state index in [0.29, 0.717) is 23.2 Å². The number of esters is 1. The quantitative estimate of drug-likeness (QED) is 0.228. The topological polar surface area (TPSA) is 93.1 Å². The SMILES string of the molecule is CCOC(=O)c1cccc(N2C(=O)C(=O)/C(=C(/O)c3ccc4c(c3)CC(C)O4)C2c2ccccc2C)c1. The molecule has 1 fully saturated rings. The van der Waals surface area contributed by atoms with E-state index in [1.165, 1.54) is 11.0 Å². The van der Waals surface area contributed by atoms with Gasteiger partial charge < -0.3 is 14.6 Å². The highest BCUT2D eigenvalue weighted by Crippen LogP contribution is 2.44. The number of fused-ring (bicyclic) bond motifs is 1. The van der Waals surface area contributed by atoms with Crippen molar-refractivity contribution in [2.24, 2.45) is 0 Å². The van der Waals surface area contributed by atoms with Gasteiger partial charge in [0.1, 0.15) is 17.6 Å². The zero-order chi connectivity index (χ0) is 26.3. The number of ketones is 1. The molecule has 188 valence electrons. The number of aryl methyl sites for hydroxylation is 1. The Morgan fingerprint density at radius 1 is 1.05 bits per heavy atom. The molecule has 1 N–H and O–H groups in total. The summed E-state index contributed by atoms with van der Waals surface area (Å²) >= 11 is 0. The first-order valence-corrected chi connectivity index (χ1v) is 12.2. The minimum Gasteiger partial charge on any atom is -0.507 e. The fraction of sp³-hybridized carbons (Fsp3) is 0.233. The van der Waals surface area contributed by atoms with E-state index in [2.05, 4.69) is 0 Å². The Hall–Kier alpha value is -4.39. The summed E-state index contributed by atoms with van der Waals surface area (Å²) in [6.07, 6.45) is 0.712. The zero-order valence-electron chi connectivity index (χ0n) is 20.9. The highest BCUT2D eigenvalue weighted by molar-refractivity contribution is 6.51. The van der Waals surface area contributed by atoms with Gasteiger partial charge in [-0.15, -0.1) is 0 Å². The van der Waals surface area contributed by atoms with Crippen LogP contribution in [-0.4, -0.2) is 35.5 Å². The smallest absolute Gasteiger partial charge is 0.338 e. The van der Waals surface area contributed by atoms with Crippen molar-refractivity contribution in [3.63, 3.8) is 0 Å². The highest BCUT2D eigenvalue weighted by Gasteiger charge is 2.47. The maximum absolute atomic E-state index is 13.5. The molecule has 0 aromatic heterocycles. The molecule has 0 radical (unpaired) electrons. The van der Waals surface area contributed by atoms with Crippen molar-refractivity contribution in [1.82, 2.24) is 0 Å². The van der Waals surface area contributed by atoms with Crippen LogP contribution in [0.4, 0.5) is 5.69 Å². The number of anilines is 1.